The predicted molar refractivity (Wildman–Crippen MR) is 93.4 cm³/mol. The Kier molecular flexibility index (Phi) is 4.48. The zero-order valence-corrected chi connectivity index (χ0v) is 13.8. The molecule has 3 rings (SSSR count). The Hall–Kier alpha value is -2.86. The normalized spacial score (nSPS) is 11.5. The third-order valence-corrected chi connectivity index (χ3v) is 3.70. The summed E-state index contributed by atoms with van der Waals surface area (Å²) in [4.78, 5) is 23.4. The Morgan fingerprint density at radius 2 is 2.00 bits per heavy atom. The Morgan fingerprint density at radius 3 is 2.67 bits per heavy atom. The molecular weight excluding hydrogens is 330 g/mol. The van der Waals surface area contributed by atoms with Gasteiger partial charge in [0.15, 0.2) is 17.3 Å². The quantitative estimate of drug-likeness (QED) is 0.787. The molecule has 7 heteroatoms. The molecule has 0 aliphatic rings. The van der Waals surface area contributed by atoms with Crippen LogP contribution in [0.2, 0.25) is 0 Å². The first-order valence-corrected chi connectivity index (χ1v) is 7.44. The number of nitrogens with one attached hydrogen (secondary N) is 1. The number of hydrogen-bond acceptors (Lipinski definition) is 5. The van der Waals surface area contributed by atoms with Crippen LogP contribution < -0.4 is 15.0 Å². The summed E-state index contributed by atoms with van der Waals surface area (Å²) in [5.74, 6) is 1.22. The van der Waals surface area contributed by atoms with Gasteiger partial charge in [-0.25, -0.2) is 4.98 Å². The van der Waals surface area contributed by atoms with Crippen molar-refractivity contribution in [2.75, 3.05) is 14.2 Å². The summed E-state index contributed by atoms with van der Waals surface area (Å²) in [7, 11) is 3.03. The molecule has 0 amide bonds. The van der Waals surface area contributed by atoms with Crippen molar-refractivity contribution >= 4 is 33.6 Å². The second-order valence-electron chi connectivity index (χ2n) is 4.92. The van der Waals surface area contributed by atoms with Crippen molar-refractivity contribution in [3.05, 3.63) is 58.4 Å². The highest BCUT2D eigenvalue weighted by atomic mass is 35.5. The molecule has 2 heterocycles. The average molecular weight is 344 g/mol. The lowest BCUT2D eigenvalue weighted by molar-refractivity contribution is 0.355. The van der Waals surface area contributed by atoms with Crippen molar-refractivity contribution in [2.45, 2.75) is 0 Å². The van der Waals surface area contributed by atoms with Gasteiger partial charge in [0.25, 0.3) is 5.56 Å². The number of hydrogen-bond donors (Lipinski definition) is 1. The van der Waals surface area contributed by atoms with E-state index in [1.807, 2.05) is 6.07 Å². The van der Waals surface area contributed by atoms with Gasteiger partial charge in [-0.1, -0.05) is 17.7 Å². The molecule has 24 heavy (non-hydrogen) atoms. The van der Waals surface area contributed by atoms with Crippen molar-refractivity contribution in [1.29, 1.82) is 0 Å². The summed E-state index contributed by atoms with van der Waals surface area (Å²) in [6.07, 6.45) is 5.01. The van der Waals surface area contributed by atoms with Gasteiger partial charge in [0, 0.05) is 18.5 Å². The molecule has 0 unspecified atom stereocenters. The van der Waals surface area contributed by atoms with E-state index in [0.717, 1.165) is 5.56 Å². The second-order valence-corrected chi connectivity index (χ2v) is 5.32. The van der Waals surface area contributed by atoms with Crippen LogP contribution >= 0.6 is 11.6 Å². The smallest absolute Gasteiger partial charge is 0.259 e. The lowest BCUT2D eigenvalue weighted by Crippen LogP contribution is -2.11. The lowest BCUT2D eigenvalue weighted by atomic mass is 10.2. The molecule has 0 spiro atoms. The topological polar surface area (TPSA) is 77.1 Å². The van der Waals surface area contributed by atoms with E-state index in [-0.39, 0.29) is 11.4 Å². The number of ether oxygens (including phenoxy) is 2. The minimum atomic E-state index is -0.311. The zero-order valence-electron chi connectivity index (χ0n) is 13.0. The highest BCUT2D eigenvalue weighted by molar-refractivity contribution is 6.50. The van der Waals surface area contributed by atoms with Gasteiger partial charge >= 0.3 is 0 Å². The number of benzene rings is 1. The van der Waals surface area contributed by atoms with E-state index in [4.69, 9.17) is 21.1 Å². The molecule has 3 aromatic rings. The zero-order chi connectivity index (χ0) is 17.1. The molecule has 0 aliphatic heterocycles. The second kappa shape index (κ2) is 6.72. The maximum atomic E-state index is 12.3. The van der Waals surface area contributed by atoms with E-state index in [1.54, 1.807) is 36.7 Å². The summed E-state index contributed by atoms with van der Waals surface area (Å²) >= 11 is 6.29. The first-order chi connectivity index (χ1) is 11.6. The number of aromatic nitrogens is 3. The lowest BCUT2D eigenvalue weighted by Gasteiger charge is -2.09. The molecule has 0 saturated carbocycles. The fourth-order valence-electron chi connectivity index (χ4n) is 2.26. The molecule has 0 saturated heterocycles. The fourth-order valence-corrected chi connectivity index (χ4v) is 2.47. The molecule has 0 atom stereocenters. The van der Waals surface area contributed by atoms with Gasteiger partial charge in [0.05, 0.1) is 30.2 Å². The molecule has 0 radical (unpaired) electrons. The summed E-state index contributed by atoms with van der Waals surface area (Å²) in [6, 6.07) is 6.87. The Labute approximate surface area is 142 Å². The van der Waals surface area contributed by atoms with Crippen LogP contribution in [0.5, 0.6) is 11.5 Å². The molecule has 0 fully saturated rings. The predicted octanol–water partition coefficient (Wildman–Crippen LogP) is 3.07. The molecule has 122 valence electrons. The molecule has 6 nitrogen and oxygen atoms in total. The van der Waals surface area contributed by atoms with Gasteiger partial charge < -0.3 is 14.5 Å². The van der Waals surface area contributed by atoms with E-state index >= 15 is 0 Å². The van der Waals surface area contributed by atoms with Gasteiger partial charge in [0.1, 0.15) is 0 Å². The van der Waals surface area contributed by atoms with Gasteiger partial charge in [-0.05, 0) is 23.8 Å². The highest BCUT2D eigenvalue weighted by Gasteiger charge is 2.12. The molecule has 1 aromatic carbocycles. The van der Waals surface area contributed by atoms with Crippen LogP contribution in [0.25, 0.3) is 22.0 Å². The van der Waals surface area contributed by atoms with E-state index in [9.17, 15) is 4.79 Å². The standard InChI is InChI=1S/C17H14ClN3O3/c1-23-14-7-11-13(8-15(14)24-2)20-16(21-17(11)22)12(18)6-10-4-3-5-19-9-10/h3-9H,1-2H3,(H,20,21,22). The van der Waals surface area contributed by atoms with E-state index in [2.05, 4.69) is 15.0 Å². The van der Waals surface area contributed by atoms with Crippen molar-refractivity contribution < 1.29 is 9.47 Å². The summed E-state index contributed by atoms with van der Waals surface area (Å²) in [6.45, 7) is 0. The summed E-state index contributed by atoms with van der Waals surface area (Å²) in [5, 5.41) is 0.694. The number of rotatable bonds is 4. The number of nitrogens with zero attached hydrogens (tertiary/aromatic N) is 2. The van der Waals surface area contributed by atoms with Crippen LogP contribution in [-0.2, 0) is 0 Å². The van der Waals surface area contributed by atoms with Gasteiger partial charge in [-0.2, -0.15) is 0 Å². The number of fused-ring (bicyclic) bond motifs is 1. The van der Waals surface area contributed by atoms with Crippen molar-refractivity contribution in [3.8, 4) is 11.5 Å². The van der Waals surface area contributed by atoms with Crippen molar-refractivity contribution in [3.63, 3.8) is 0 Å². The summed E-state index contributed by atoms with van der Waals surface area (Å²) in [5.41, 5.74) is 0.954. The van der Waals surface area contributed by atoms with Crippen LogP contribution in [-0.4, -0.2) is 29.2 Å². The van der Waals surface area contributed by atoms with E-state index < -0.39 is 0 Å². The largest absolute Gasteiger partial charge is 0.493 e. The van der Waals surface area contributed by atoms with E-state index in [0.29, 0.717) is 27.4 Å². The SMILES string of the molecule is COc1cc2nc(C(Cl)=Cc3cccnc3)[nH]c(=O)c2cc1OC. The molecule has 2 aromatic heterocycles. The highest BCUT2D eigenvalue weighted by Crippen LogP contribution is 2.30. The monoisotopic (exact) mass is 343 g/mol. The van der Waals surface area contributed by atoms with Crippen LogP contribution in [0.1, 0.15) is 11.4 Å². The van der Waals surface area contributed by atoms with Crippen LogP contribution in [0.3, 0.4) is 0 Å². The van der Waals surface area contributed by atoms with Crippen LogP contribution in [0, 0.1) is 0 Å². The van der Waals surface area contributed by atoms with Crippen molar-refractivity contribution in [1.82, 2.24) is 15.0 Å². The number of methoxy groups -OCH3 is 2. The average Bonchev–Trinajstić information content (AvgIpc) is 2.61. The Balaban J connectivity index is 2.13. The number of H-pyrrole nitrogens is 1. The third kappa shape index (κ3) is 3.09. The Morgan fingerprint density at radius 1 is 1.25 bits per heavy atom. The maximum Gasteiger partial charge on any atom is 0.259 e. The minimum Gasteiger partial charge on any atom is -0.493 e. The van der Waals surface area contributed by atoms with Crippen LogP contribution in [0.4, 0.5) is 0 Å². The van der Waals surface area contributed by atoms with Gasteiger partial charge in [0.2, 0.25) is 0 Å². The molecule has 1 N–H and O–H groups in total. The van der Waals surface area contributed by atoms with Gasteiger partial charge in [-0.15, -0.1) is 0 Å². The van der Waals surface area contributed by atoms with Gasteiger partial charge in [-0.3, -0.25) is 9.78 Å². The fraction of sp³-hybridized carbons (Fsp3) is 0.118. The van der Waals surface area contributed by atoms with Crippen LogP contribution in [0.15, 0.2) is 41.5 Å². The minimum absolute atomic E-state index is 0.269. The first kappa shape index (κ1) is 16.0. The maximum absolute atomic E-state index is 12.3. The number of pyridine rings is 1. The number of aromatic amines is 1. The summed E-state index contributed by atoms with van der Waals surface area (Å²) < 4.78 is 10.5. The molecule has 0 aliphatic carbocycles. The van der Waals surface area contributed by atoms with Crippen molar-refractivity contribution in [2.24, 2.45) is 0 Å². The Bertz CT molecular complexity index is 968. The number of halogens is 1. The third-order valence-electron chi connectivity index (χ3n) is 3.41. The molecule has 0 bridgehead atoms. The molecular formula is C17H14ClN3O3. The first-order valence-electron chi connectivity index (χ1n) is 7.06. The van der Waals surface area contributed by atoms with E-state index in [1.165, 1.54) is 14.2 Å².